The molecule has 2 N–H and O–H groups in total. The molecule has 0 saturated carbocycles. The van der Waals surface area contributed by atoms with Gasteiger partial charge >= 0.3 is 0 Å². The van der Waals surface area contributed by atoms with Crippen LogP contribution in [-0.2, 0) is 0 Å². The molecule has 2 aromatic carbocycles. The second kappa shape index (κ2) is 6.93. The van der Waals surface area contributed by atoms with Crippen molar-refractivity contribution < 1.29 is 9.72 Å². The predicted octanol–water partition coefficient (Wildman–Crippen LogP) is 3.44. The van der Waals surface area contributed by atoms with Gasteiger partial charge in [-0.05, 0) is 36.0 Å². The van der Waals surface area contributed by atoms with E-state index in [4.69, 9.17) is 5.73 Å². The highest BCUT2D eigenvalue weighted by molar-refractivity contribution is 5.95. The third-order valence-corrected chi connectivity index (χ3v) is 4.89. The van der Waals surface area contributed by atoms with Gasteiger partial charge in [0, 0.05) is 24.7 Å². The number of benzene rings is 2. The molecule has 6 nitrogen and oxygen atoms in total. The maximum atomic E-state index is 12.7. The number of nitrogens with two attached hydrogens (primary N) is 1. The molecule has 6 heteroatoms. The summed E-state index contributed by atoms with van der Waals surface area (Å²) in [4.78, 5) is 25.0. The van der Waals surface area contributed by atoms with E-state index in [2.05, 4.69) is 19.1 Å². The van der Waals surface area contributed by atoms with Crippen LogP contribution in [0, 0.1) is 16.0 Å². The molecule has 1 heterocycles. The Labute approximate surface area is 146 Å². The van der Waals surface area contributed by atoms with Gasteiger partial charge in [-0.1, -0.05) is 37.3 Å². The lowest BCUT2D eigenvalue weighted by Crippen LogP contribution is -2.42. The summed E-state index contributed by atoms with van der Waals surface area (Å²) in [6, 6.07) is 14.6. The molecule has 1 aliphatic heterocycles. The molecule has 0 radical (unpaired) electrons. The van der Waals surface area contributed by atoms with Crippen molar-refractivity contribution in [2.75, 3.05) is 18.8 Å². The Morgan fingerprint density at radius 1 is 1.24 bits per heavy atom. The number of anilines is 1. The summed E-state index contributed by atoms with van der Waals surface area (Å²) >= 11 is 0. The lowest BCUT2D eigenvalue weighted by Gasteiger charge is -2.37. The van der Waals surface area contributed by atoms with Gasteiger partial charge in [-0.25, -0.2) is 0 Å². The summed E-state index contributed by atoms with van der Waals surface area (Å²) in [6.07, 6.45) is 0.883. The number of carbonyl (C=O) groups is 1. The molecule has 0 bridgehead atoms. The number of hydrogen-bond acceptors (Lipinski definition) is 4. The summed E-state index contributed by atoms with van der Waals surface area (Å²) in [5, 5.41) is 11.0. The lowest BCUT2D eigenvalue weighted by molar-refractivity contribution is -0.383. The minimum Gasteiger partial charge on any atom is -0.393 e. The number of nitrogens with zero attached hydrogens (tertiary/aromatic N) is 2. The Bertz CT molecular complexity index is 792. The molecule has 0 spiro atoms. The average molecular weight is 339 g/mol. The van der Waals surface area contributed by atoms with Crippen molar-refractivity contribution in [3.63, 3.8) is 0 Å². The third kappa shape index (κ3) is 3.47. The first-order chi connectivity index (χ1) is 12.0. The SMILES string of the molecule is CC1CN(C(=O)c2ccc(N)c([N+](=O)[O-])c2)CCC1c1ccccc1. The third-order valence-electron chi connectivity index (χ3n) is 4.89. The molecular weight excluding hydrogens is 318 g/mol. The Morgan fingerprint density at radius 3 is 2.60 bits per heavy atom. The zero-order valence-corrected chi connectivity index (χ0v) is 14.1. The first-order valence-corrected chi connectivity index (χ1v) is 8.35. The quantitative estimate of drug-likeness (QED) is 0.527. The Balaban J connectivity index is 1.75. The van der Waals surface area contributed by atoms with Crippen LogP contribution in [0.1, 0.15) is 35.2 Å². The zero-order valence-electron chi connectivity index (χ0n) is 14.1. The lowest BCUT2D eigenvalue weighted by atomic mass is 9.81. The molecule has 1 fully saturated rings. The van der Waals surface area contributed by atoms with Crippen LogP contribution < -0.4 is 5.73 Å². The van der Waals surface area contributed by atoms with E-state index in [0.717, 1.165) is 6.42 Å². The topological polar surface area (TPSA) is 89.5 Å². The van der Waals surface area contributed by atoms with Crippen molar-refractivity contribution in [1.29, 1.82) is 0 Å². The van der Waals surface area contributed by atoms with E-state index >= 15 is 0 Å². The molecule has 2 atom stereocenters. The Hall–Kier alpha value is -2.89. The highest BCUT2D eigenvalue weighted by Crippen LogP contribution is 2.33. The first kappa shape index (κ1) is 17.0. The molecule has 3 rings (SSSR count). The van der Waals surface area contributed by atoms with E-state index in [1.165, 1.54) is 17.7 Å². The summed E-state index contributed by atoms with van der Waals surface area (Å²) in [5.41, 5.74) is 7.06. The van der Waals surface area contributed by atoms with Gasteiger partial charge in [-0.2, -0.15) is 0 Å². The predicted molar refractivity (Wildman–Crippen MR) is 96.4 cm³/mol. The fourth-order valence-corrected chi connectivity index (χ4v) is 3.54. The summed E-state index contributed by atoms with van der Waals surface area (Å²) < 4.78 is 0. The van der Waals surface area contributed by atoms with Gasteiger partial charge in [0.25, 0.3) is 11.6 Å². The van der Waals surface area contributed by atoms with Gasteiger partial charge < -0.3 is 10.6 Å². The van der Waals surface area contributed by atoms with Crippen LogP contribution in [0.4, 0.5) is 11.4 Å². The zero-order chi connectivity index (χ0) is 18.0. The Kier molecular flexibility index (Phi) is 4.70. The van der Waals surface area contributed by atoms with E-state index in [-0.39, 0.29) is 17.3 Å². The fourth-order valence-electron chi connectivity index (χ4n) is 3.54. The number of amides is 1. The molecular formula is C19H21N3O3. The standard InChI is InChI=1S/C19H21N3O3/c1-13-12-21(10-9-16(13)14-5-3-2-4-6-14)19(23)15-7-8-17(20)18(11-15)22(24)25/h2-8,11,13,16H,9-10,12,20H2,1H3. The smallest absolute Gasteiger partial charge is 0.292 e. The molecule has 1 aliphatic rings. The van der Waals surface area contributed by atoms with Crippen LogP contribution in [0.2, 0.25) is 0 Å². The van der Waals surface area contributed by atoms with Crippen LogP contribution in [0.3, 0.4) is 0 Å². The summed E-state index contributed by atoms with van der Waals surface area (Å²) in [6.45, 7) is 3.42. The van der Waals surface area contributed by atoms with Crippen molar-refractivity contribution in [2.45, 2.75) is 19.3 Å². The molecule has 1 amide bonds. The number of nitro groups is 1. The minimum absolute atomic E-state index is 0.0673. The monoisotopic (exact) mass is 339 g/mol. The van der Waals surface area contributed by atoms with Crippen molar-refractivity contribution in [3.05, 3.63) is 69.8 Å². The number of likely N-dealkylation sites (tertiary alicyclic amines) is 1. The normalized spacial score (nSPS) is 20.3. The molecule has 2 aromatic rings. The van der Waals surface area contributed by atoms with Crippen molar-refractivity contribution in [3.8, 4) is 0 Å². The van der Waals surface area contributed by atoms with Crippen molar-refractivity contribution in [1.82, 2.24) is 4.90 Å². The highest BCUT2D eigenvalue weighted by atomic mass is 16.6. The molecule has 0 aromatic heterocycles. The molecule has 1 saturated heterocycles. The number of rotatable bonds is 3. The largest absolute Gasteiger partial charge is 0.393 e. The van der Waals surface area contributed by atoms with Crippen LogP contribution in [-0.4, -0.2) is 28.8 Å². The Morgan fingerprint density at radius 2 is 1.96 bits per heavy atom. The number of hydrogen-bond donors (Lipinski definition) is 1. The van der Waals surface area contributed by atoms with E-state index in [9.17, 15) is 14.9 Å². The summed E-state index contributed by atoms with van der Waals surface area (Å²) in [5.74, 6) is 0.566. The van der Waals surface area contributed by atoms with E-state index in [1.54, 1.807) is 11.0 Å². The van der Waals surface area contributed by atoms with Gasteiger partial charge in [0.05, 0.1) is 4.92 Å². The first-order valence-electron chi connectivity index (χ1n) is 8.35. The number of nitro benzene ring substituents is 1. The summed E-state index contributed by atoms with van der Waals surface area (Å²) in [7, 11) is 0. The number of nitrogen functional groups attached to an aromatic ring is 1. The fraction of sp³-hybridized carbons (Fsp3) is 0.316. The van der Waals surface area contributed by atoms with E-state index in [0.29, 0.717) is 30.5 Å². The van der Waals surface area contributed by atoms with Gasteiger partial charge in [0.1, 0.15) is 5.69 Å². The van der Waals surface area contributed by atoms with Crippen LogP contribution in [0.5, 0.6) is 0 Å². The minimum atomic E-state index is -0.559. The van der Waals surface area contributed by atoms with Gasteiger partial charge in [0.15, 0.2) is 0 Å². The van der Waals surface area contributed by atoms with Crippen LogP contribution in [0.15, 0.2) is 48.5 Å². The maximum Gasteiger partial charge on any atom is 0.292 e. The van der Waals surface area contributed by atoms with Crippen molar-refractivity contribution >= 4 is 17.3 Å². The molecule has 0 aliphatic carbocycles. The number of piperidine rings is 1. The van der Waals surface area contributed by atoms with Gasteiger partial charge in [-0.15, -0.1) is 0 Å². The van der Waals surface area contributed by atoms with E-state index in [1.807, 2.05) is 18.2 Å². The average Bonchev–Trinajstić information content (AvgIpc) is 2.62. The number of carbonyl (C=O) groups excluding carboxylic acids is 1. The van der Waals surface area contributed by atoms with Gasteiger partial charge in [-0.3, -0.25) is 14.9 Å². The molecule has 2 unspecified atom stereocenters. The van der Waals surface area contributed by atoms with Crippen molar-refractivity contribution in [2.24, 2.45) is 5.92 Å². The maximum absolute atomic E-state index is 12.7. The van der Waals surface area contributed by atoms with Crippen LogP contribution in [0.25, 0.3) is 0 Å². The second-order valence-electron chi connectivity index (χ2n) is 6.57. The van der Waals surface area contributed by atoms with E-state index < -0.39 is 4.92 Å². The van der Waals surface area contributed by atoms with Crippen LogP contribution >= 0.6 is 0 Å². The molecule has 130 valence electrons. The highest BCUT2D eigenvalue weighted by Gasteiger charge is 2.30. The molecule has 25 heavy (non-hydrogen) atoms. The van der Waals surface area contributed by atoms with Gasteiger partial charge in [0.2, 0.25) is 0 Å². The second-order valence-corrected chi connectivity index (χ2v) is 6.57.